The lowest BCUT2D eigenvalue weighted by atomic mass is 10.1. The van der Waals surface area contributed by atoms with Gasteiger partial charge in [0.05, 0.1) is 15.7 Å². The van der Waals surface area contributed by atoms with Crippen LogP contribution in [0.1, 0.15) is 11.6 Å². The molecule has 7 heteroatoms. The lowest BCUT2D eigenvalue weighted by Gasteiger charge is -2.24. The zero-order chi connectivity index (χ0) is 17.0. The van der Waals surface area contributed by atoms with Crippen molar-refractivity contribution in [2.75, 3.05) is 19.5 Å². The molecule has 0 aromatic heterocycles. The summed E-state index contributed by atoms with van der Waals surface area (Å²) >= 11 is 18.0. The summed E-state index contributed by atoms with van der Waals surface area (Å²) in [5.74, 6) is -0.233. The van der Waals surface area contributed by atoms with E-state index in [0.29, 0.717) is 20.8 Å². The van der Waals surface area contributed by atoms with E-state index in [2.05, 4.69) is 10.9 Å². The summed E-state index contributed by atoms with van der Waals surface area (Å²) in [5, 5.41) is 1.07. The van der Waals surface area contributed by atoms with Crippen molar-refractivity contribution < 1.29 is 4.79 Å². The maximum absolute atomic E-state index is 12.5. The highest BCUT2D eigenvalue weighted by Crippen LogP contribution is 2.33. The second kappa shape index (κ2) is 7.88. The van der Waals surface area contributed by atoms with Gasteiger partial charge in [-0.2, -0.15) is 0 Å². The van der Waals surface area contributed by atoms with Gasteiger partial charge in [0.2, 0.25) is 0 Å². The Morgan fingerprint density at radius 1 is 1.04 bits per heavy atom. The number of anilines is 1. The van der Waals surface area contributed by atoms with Crippen LogP contribution < -0.4 is 10.9 Å². The zero-order valence-corrected chi connectivity index (χ0v) is 14.9. The summed E-state index contributed by atoms with van der Waals surface area (Å²) < 4.78 is 0. The summed E-state index contributed by atoms with van der Waals surface area (Å²) in [6.07, 6.45) is 0. The van der Waals surface area contributed by atoms with Gasteiger partial charge in [0.15, 0.2) is 0 Å². The number of rotatable bonds is 5. The molecular formula is C16H16Cl3N3O. The number of benzene rings is 2. The highest BCUT2D eigenvalue weighted by Gasteiger charge is 2.23. The minimum atomic E-state index is -0.450. The smallest absolute Gasteiger partial charge is 0.260 e. The monoisotopic (exact) mass is 371 g/mol. The molecule has 1 unspecified atom stereocenters. The second-order valence-corrected chi connectivity index (χ2v) is 6.39. The fraction of sp³-hybridized carbons (Fsp3) is 0.188. The molecule has 0 spiro atoms. The molecule has 0 aliphatic heterocycles. The quantitative estimate of drug-likeness (QED) is 0.765. The van der Waals surface area contributed by atoms with E-state index in [1.807, 2.05) is 49.3 Å². The average Bonchev–Trinajstić information content (AvgIpc) is 2.47. The van der Waals surface area contributed by atoms with Crippen LogP contribution in [-0.2, 0) is 4.79 Å². The Balaban J connectivity index is 2.15. The van der Waals surface area contributed by atoms with E-state index in [1.165, 1.54) is 0 Å². The number of nitrogens with one attached hydrogen (secondary N) is 2. The van der Waals surface area contributed by atoms with Crippen LogP contribution in [-0.4, -0.2) is 24.9 Å². The Kier molecular flexibility index (Phi) is 6.13. The summed E-state index contributed by atoms with van der Waals surface area (Å²) in [7, 11) is 3.67. The maximum atomic E-state index is 12.5. The summed E-state index contributed by atoms with van der Waals surface area (Å²) in [5.41, 5.74) is 6.68. The SMILES string of the molecule is CN(C)C(C(=O)NNc1c(Cl)cc(Cl)cc1Cl)c1ccccc1. The molecule has 2 aromatic rings. The molecule has 0 aliphatic rings. The van der Waals surface area contributed by atoms with Crippen LogP contribution in [0.4, 0.5) is 5.69 Å². The Morgan fingerprint density at radius 2 is 1.61 bits per heavy atom. The molecule has 2 N–H and O–H groups in total. The minimum absolute atomic E-state index is 0.233. The van der Waals surface area contributed by atoms with Crippen LogP contribution in [0.5, 0.6) is 0 Å². The molecule has 0 saturated carbocycles. The summed E-state index contributed by atoms with van der Waals surface area (Å²) in [4.78, 5) is 14.3. The van der Waals surface area contributed by atoms with Gasteiger partial charge in [0, 0.05) is 5.02 Å². The van der Waals surface area contributed by atoms with Crippen molar-refractivity contribution in [2.45, 2.75) is 6.04 Å². The number of amides is 1. The van der Waals surface area contributed by atoms with E-state index in [9.17, 15) is 4.79 Å². The lowest BCUT2D eigenvalue weighted by Crippen LogP contribution is -2.40. The number of likely N-dealkylation sites (N-methyl/N-ethyl adjacent to an activating group) is 1. The van der Waals surface area contributed by atoms with Gasteiger partial charge < -0.3 is 0 Å². The molecule has 0 radical (unpaired) electrons. The Morgan fingerprint density at radius 3 is 2.13 bits per heavy atom. The highest BCUT2D eigenvalue weighted by atomic mass is 35.5. The molecule has 0 bridgehead atoms. The fourth-order valence-electron chi connectivity index (χ4n) is 2.17. The number of carbonyl (C=O) groups excluding carboxylic acids is 1. The first-order valence-corrected chi connectivity index (χ1v) is 7.95. The van der Waals surface area contributed by atoms with E-state index < -0.39 is 6.04 Å². The molecule has 122 valence electrons. The van der Waals surface area contributed by atoms with Crippen LogP contribution in [0, 0.1) is 0 Å². The van der Waals surface area contributed by atoms with E-state index in [0.717, 1.165) is 5.56 Å². The molecule has 0 aliphatic carbocycles. The summed E-state index contributed by atoms with van der Waals surface area (Å²) in [6.45, 7) is 0. The van der Waals surface area contributed by atoms with Crippen molar-refractivity contribution in [1.82, 2.24) is 10.3 Å². The average molecular weight is 373 g/mol. The Hall–Kier alpha value is -1.46. The Bertz CT molecular complexity index is 669. The van der Waals surface area contributed by atoms with Crippen molar-refractivity contribution in [3.63, 3.8) is 0 Å². The van der Waals surface area contributed by atoms with Crippen molar-refractivity contribution in [2.24, 2.45) is 0 Å². The van der Waals surface area contributed by atoms with Gasteiger partial charge in [0.25, 0.3) is 5.91 Å². The van der Waals surface area contributed by atoms with Crippen molar-refractivity contribution >= 4 is 46.4 Å². The molecule has 1 amide bonds. The third-order valence-electron chi connectivity index (χ3n) is 3.20. The number of carbonyl (C=O) groups is 1. The maximum Gasteiger partial charge on any atom is 0.260 e. The standard InChI is InChI=1S/C16H16Cl3N3O/c1-22(2)15(10-6-4-3-5-7-10)16(23)21-20-14-12(18)8-11(17)9-13(14)19/h3-9,15,20H,1-2H3,(H,21,23). The van der Waals surface area contributed by atoms with Gasteiger partial charge in [-0.1, -0.05) is 65.1 Å². The molecule has 23 heavy (non-hydrogen) atoms. The van der Waals surface area contributed by atoms with Crippen molar-refractivity contribution in [3.8, 4) is 0 Å². The molecule has 2 rings (SSSR count). The number of hydrazine groups is 1. The molecule has 4 nitrogen and oxygen atoms in total. The fourth-order valence-corrected chi connectivity index (χ4v) is 3.08. The van der Waals surface area contributed by atoms with E-state index >= 15 is 0 Å². The van der Waals surface area contributed by atoms with E-state index in [4.69, 9.17) is 34.8 Å². The number of hydrogen-bond donors (Lipinski definition) is 2. The minimum Gasteiger partial charge on any atom is -0.296 e. The third-order valence-corrected chi connectivity index (χ3v) is 4.01. The Labute approximate surface area is 150 Å². The second-order valence-electron chi connectivity index (χ2n) is 5.14. The van der Waals surface area contributed by atoms with Gasteiger partial charge >= 0.3 is 0 Å². The first-order valence-electron chi connectivity index (χ1n) is 6.82. The molecular weight excluding hydrogens is 357 g/mol. The molecule has 0 saturated heterocycles. The van der Waals surface area contributed by atoms with E-state index in [1.54, 1.807) is 12.1 Å². The van der Waals surface area contributed by atoms with Crippen LogP contribution in [0.25, 0.3) is 0 Å². The summed E-state index contributed by atoms with van der Waals surface area (Å²) in [6, 6.07) is 12.1. The number of hydrogen-bond acceptors (Lipinski definition) is 3. The van der Waals surface area contributed by atoms with Gasteiger partial charge in [-0.05, 0) is 31.8 Å². The van der Waals surface area contributed by atoms with Crippen LogP contribution in [0.15, 0.2) is 42.5 Å². The number of halogens is 3. The predicted molar refractivity (Wildman–Crippen MR) is 96.1 cm³/mol. The van der Waals surface area contributed by atoms with Gasteiger partial charge in [-0.15, -0.1) is 0 Å². The third kappa shape index (κ3) is 4.52. The topological polar surface area (TPSA) is 44.4 Å². The van der Waals surface area contributed by atoms with Crippen LogP contribution in [0.2, 0.25) is 15.1 Å². The highest BCUT2D eigenvalue weighted by molar-refractivity contribution is 6.41. The zero-order valence-electron chi connectivity index (χ0n) is 12.6. The first-order chi connectivity index (χ1) is 10.9. The molecule has 0 heterocycles. The largest absolute Gasteiger partial charge is 0.296 e. The molecule has 2 aromatic carbocycles. The van der Waals surface area contributed by atoms with Crippen molar-refractivity contribution in [1.29, 1.82) is 0 Å². The molecule has 1 atom stereocenters. The van der Waals surface area contributed by atoms with Crippen LogP contribution in [0.3, 0.4) is 0 Å². The van der Waals surface area contributed by atoms with E-state index in [-0.39, 0.29) is 5.91 Å². The number of nitrogens with zero attached hydrogens (tertiary/aromatic N) is 1. The lowest BCUT2D eigenvalue weighted by molar-refractivity contribution is -0.125. The van der Waals surface area contributed by atoms with Crippen LogP contribution >= 0.6 is 34.8 Å². The molecule has 0 fully saturated rings. The van der Waals surface area contributed by atoms with Gasteiger partial charge in [-0.25, -0.2) is 0 Å². The van der Waals surface area contributed by atoms with Crippen molar-refractivity contribution in [3.05, 3.63) is 63.1 Å². The normalized spacial score (nSPS) is 12.1. The van der Waals surface area contributed by atoms with Gasteiger partial charge in [-0.3, -0.25) is 20.5 Å². The first kappa shape index (κ1) is 17.9. The van der Waals surface area contributed by atoms with Gasteiger partial charge in [0.1, 0.15) is 6.04 Å². The predicted octanol–water partition coefficient (Wildman–Crippen LogP) is 4.39.